The van der Waals surface area contributed by atoms with Crippen molar-refractivity contribution in [3.8, 4) is 5.75 Å². The minimum Gasteiger partial charge on any atom is -0.492 e. The van der Waals surface area contributed by atoms with Crippen LogP contribution in [0.5, 0.6) is 5.75 Å². The maximum absolute atomic E-state index is 12.0. The van der Waals surface area contributed by atoms with Gasteiger partial charge in [-0.2, -0.15) is 0 Å². The average Bonchev–Trinajstić information content (AvgIpc) is 2.54. The predicted octanol–water partition coefficient (Wildman–Crippen LogP) is 2.32. The van der Waals surface area contributed by atoms with Crippen LogP contribution in [0, 0.1) is 0 Å². The summed E-state index contributed by atoms with van der Waals surface area (Å²) in [7, 11) is 0. The molecule has 25 heavy (non-hydrogen) atoms. The molecule has 1 amide bonds. The Morgan fingerprint density at radius 1 is 1.08 bits per heavy atom. The van der Waals surface area contributed by atoms with E-state index >= 15 is 0 Å². The molecular weight excluding hydrogens is 324 g/mol. The smallest absolute Gasteiger partial charge is 0.410 e. The van der Waals surface area contributed by atoms with Crippen molar-refractivity contribution in [2.75, 3.05) is 39.3 Å². The third-order valence-electron chi connectivity index (χ3n) is 3.80. The van der Waals surface area contributed by atoms with E-state index in [0.29, 0.717) is 25.4 Å². The van der Waals surface area contributed by atoms with Gasteiger partial charge in [0.1, 0.15) is 18.0 Å². The molecule has 1 aromatic carbocycles. The summed E-state index contributed by atoms with van der Waals surface area (Å²) in [4.78, 5) is 26.8. The van der Waals surface area contributed by atoms with E-state index in [1.807, 2.05) is 20.8 Å². The second kappa shape index (κ2) is 8.20. The lowest BCUT2D eigenvalue weighted by atomic mass is 10.2. The molecule has 0 spiro atoms. The molecule has 1 aliphatic rings. The topological polar surface area (TPSA) is 79.3 Å². The molecule has 0 saturated carbocycles. The molecule has 2 rings (SSSR count). The molecule has 1 heterocycles. The van der Waals surface area contributed by atoms with E-state index in [9.17, 15) is 9.59 Å². The molecule has 7 heteroatoms. The molecular formula is C18H26N2O5. The van der Waals surface area contributed by atoms with Gasteiger partial charge >= 0.3 is 12.1 Å². The second-order valence-corrected chi connectivity index (χ2v) is 6.99. The zero-order valence-corrected chi connectivity index (χ0v) is 15.0. The Morgan fingerprint density at radius 3 is 2.20 bits per heavy atom. The highest BCUT2D eigenvalue weighted by atomic mass is 16.6. The van der Waals surface area contributed by atoms with Crippen LogP contribution in [0.3, 0.4) is 0 Å². The number of carboxylic acids is 1. The van der Waals surface area contributed by atoms with Crippen LogP contribution >= 0.6 is 0 Å². The Kier molecular flexibility index (Phi) is 6.25. The summed E-state index contributed by atoms with van der Waals surface area (Å²) in [6.45, 7) is 9.69. The third kappa shape index (κ3) is 6.26. The number of carboxylic acid groups (broad SMARTS) is 1. The van der Waals surface area contributed by atoms with Gasteiger partial charge in [0.15, 0.2) is 0 Å². The molecule has 1 fully saturated rings. The van der Waals surface area contributed by atoms with E-state index < -0.39 is 11.6 Å². The van der Waals surface area contributed by atoms with Crippen LogP contribution in [-0.4, -0.2) is 71.9 Å². The van der Waals surface area contributed by atoms with Gasteiger partial charge in [0.2, 0.25) is 0 Å². The van der Waals surface area contributed by atoms with Gasteiger partial charge in [-0.15, -0.1) is 0 Å². The first kappa shape index (κ1) is 19.1. The number of carbonyl (C=O) groups excluding carboxylic acids is 1. The van der Waals surface area contributed by atoms with Gasteiger partial charge in [0.25, 0.3) is 0 Å². The monoisotopic (exact) mass is 350 g/mol. The third-order valence-corrected chi connectivity index (χ3v) is 3.80. The fourth-order valence-corrected chi connectivity index (χ4v) is 2.47. The molecule has 0 aliphatic carbocycles. The van der Waals surface area contributed by atoms with Gasteiger partial charge in [-0.1, -0.05) is 0 Å². The van der Waals surface area contributed by atoms with Crippen molar-refractivity contribution in [1.82, 2.24) is 9.80 Å². The number of aromatic carboxylic acids is 1. The number of amides is 1. The fraction of sp³-hybridized carbons (Fsp3) is 0.556. The van der Waals surface area contributed by atoms with Crippen LogP contribution in [0.25, 0.3) is 0 Å². The van der Waals surface area contributed by atoms with Crippen molar-refractivity contribution in [2.24, 2.45) is 0 Å². The van der Waals surface area contributed by atoms with Gasteiger partial charge in [-0.25, -0.2) is 9.59 Å². The Hall–Kier alpha value is -2.28. The summed E-state index contributed by atoms with van der Waals surface area (Å²) >= 11 is 0. The minimum absolute atomic E-state index is 0.241. The van der Waals surface area contributed by atoms with Gasteiger partial charge < -0.3 is 19.5 Å². The molecule has 1 N–H and O–H groups in total. The standard InChI is InChI=1S/C18H26N2O5/c1-18(2,3)25-17(23)20-10-8-19(9-11-20)12-13-24-15-6-4-14(5-7-15)16(21)22/h4-7H,8-13H2,1-3H3,(H,21,22). The van der Waals surface area contributed by atoms with E-state index in [-0.39, 0.29) is 11.7 Å². The zero-order valence-electron chi connectivity index (χ0n) is 15.0. The highest BCUT2D eigenvalue weighted by molar-refractivity contribution is 5.87. The van der Waals surface area contributed by atoms with Crippen molar-refractivity contribution >= 4 is 12.1 Å². The Bertz CT molecular complexity index is 586. The minimum atomic E-state index is -0.950. The van der Waals surface area contributed by atoms with Gasteiger partial charge in [0, 0.05) is 32.7 Å². The van der Waals surface area contributed by atoms with E-state index in [1.54, 1.807) is 17.0 Å². The first-order chi connectivity index (χ1) is 11.7. The number of carbonyl (C=O) groups is 2. The molecule has 138 valence electrons. The van der Waals surface area contributed by atoms with Crippen LogP contribution in [0.1, 0.15) is 31.1 Å². The van der Waals surface area contributed by atoms with Crippen molar-refractivity contribution < 1.29 is 24.2 Å². The molecule has 1 aliphatic heterocycles. The number of benzene rings is 1. The maximum atomic E-state index is 12.0. The number of hydrogen-bond acceptors (Lipinski definition) is 5. The quantitative estimate of drug-likeness (QED) is 0.878. The average molecular weight is 350 g/mol. The van der Waals surface area contributed by atoms with Gasteiger partial charge in [-0.3, -0.25) is 4.90 Å². The van der Waals surface area contributed by atoms with Crippen LogP contribution < -0.4 is 4.74 Å². The lowest BCUT2D eigenvalue weighted by molar-refractivity contribution is 0.0137. The lowest BCUT2D eigenvalue weighted by Gasteiger charge is -2.35. The number of ether oxygens (including phenoxy) is 2. The summed E-state index contributed by atoms with van der Waals surface area (Å²) in [5.41, 5.74) is -0.233. The molecule has 1 aromatic rings. The summed E-state index contributed by atoms with van der Waals surface area (Å²) in [6, 6.07) is 6.36. The lowest BCUT2D eigenvalue weighted by Crippen LogP contribution is -2.50. The molecule has 0 radical (unpaired) electrons. The summed E-state index contributed by atoms with van der Waals surface area (Å²) < 4.78 is 11.0. The van der Waals surface area contributed by atoms with E-state index in [2.05, 4.69) is 4.90 Å². The Morgan fingerprint density at radius 2 is 1.68 bits per heavy atom. The fourth-order valence-electron chi connectivity index (χ4n) is 2.47. The normalized spacial score (nSPS) is 15.7. The maximum Gasteiger partial charge on any atom is 0.410 e. The number of rotatable bonds is 5. The van der Waals surface area contributed by atoms with E-state index in [1.165, 1.54) is 12.1 Å². The molecule has 0 unspecified atom stereocenters. The van der Waals surface area contributed by atoms with Gasteiger partial charge in [-0.05, 0) is 45.0 Å². The van der Waals surface area contributed by atoms with Crippen LogP contribution in [0.15, 0.2) is 24.3 Å². The Labute approximate surface area is 148 Å². The van der Waals surface area contributed by atoms with Crippen molar-refractivity contribution in [3.05, 3.63) is 29.8 Å². The van der Waals surface area contributed by atoms with E-state index in [4.69, 9.17) is 14.6 Å². The first-order valence-electron chi connectivity index (χ1n) is 8.41. The number of nitrogens with zero attached hydrogens (tertiary/aromatic N) is 2. The van der Waals surface area contributed by atoms with E-state index in [0.717, 1.165) is 19.6 Å². The molecule has 0 aromatic heterocycles. The SMILES string of the molecule is CC(C)(C)OC(=O)N1CCN(CCOc2ccc(C(=O)O)cc2)CC1. The molecule has 0 bridgehead atoms. The van der Waals surface area contributed by atoms with Crippen molar-refractivity contribution in [2.45, 2.75) is 26.4 Å². The number of piperazine rings is 1. The molecule has 7 nitrogen and oxygen atoms in total. The summed E-state index contributed by atoms with van der Waals surface area (Å²) in [5, 5.41) is 8.86. The Balaban J connectivity index is 1.68. The van der Waals surface area contributed by atoms with Crippen molar-refractivity contribution in [1.29, 1.82) is 0 Å². The highest BCUT2D eigenvalue weighted by Gasteiger charge is 2.25. The first-order valence-corrected chi connectivity index (χ1v) is 8.41. The molecule has 1 saturated heterocycles. The zero-order chi connectivity index (χ0) is 18.4. The van der Waals surface area contributed by atoms with Crippen molar-refractivity contribution in [3.63, 3.8) is 0 Å². The molecule has 0 atom stereocenters. The highest BCUT2D eigenvalue weighted by Crippen LogP contribution is 2.13. The van der Waals surface area contributed by atoms with Gasteiger partial charge in [0.05, 0.1) is 5.56 Å². The van der Waals surface area contributed by atoms with Crippen LogP contribution in [0.4, 0.5) is 4.79 Å². The summed E-state index contributed by atoms with van der Waals surface area (Å²) in [5.74, 6) is -0.299. The van der Waals surface area contributed by atoms with Crippen LogP contribution in [0.2, 0.25) is 0 Å². The largest absolute Gasteiger partial charge is 0.492 e. The summed E-state index contributed by atoms with van der Waals surface area (Å²) in [6.07, 6.45) is -0.262. The number of hydrogen-bond donors (Lipinski definition) is 1. The predicted molar refractivity (Wildman–Crippen MR) is 93.1 cm³/mol. The van der Waals surface area contributed by atoms with Crippen LogP contribution in [-0.2, 0) is 4.74 Å². The second-order valence-electron chi connectivity index (χ2n) is 6.99.